The van der Waals surface area contributed by atoms with Gasteiger partial charge in [-0.25, -0.2) is 0 Å². The first-order chi connectivity index (χ1) is 10.6. The molecule has 8 heteroatoms. The van der Waals surface area contributed by atoms with Crippen molar-refractivity contribution in [2.75, 3.05) is 12.9 Å². The van der Waals surface area contributed by atoms with Crippen LogP contribution in [-0.4, -0.2) is 34.0 Å². The Morgan fingerprint density at radius 1 is 1.27 bits per heavy atom. The molecular formula is C14H16Cl2N4OS. The van der Waals surface area contributed by atoms with Gasteiger partial charge in [-0.2, -0.15) is 9.78 Å². The average molecular weight is 359 g/mol. The van der Waals surface area contributed by atoms with Gasteiger partial charge in [0, 0.05) is 6.42 Å². The summed E-state index contributed by atoms with van der Waals surface area (Å²) in [5.74, 6) is 1.29. The second-order valence-corrected chi connectivity index (χ2v) is 5.85. The van der Waals surface area contributed by atoms with Crippen LogP contribution in [0.15, 0.2) is 22.4 Å². The number of aryl methyl sites for hydroxylation is 1. The van der Waals surface area contributed by atoms with Gasteiger partial charge in [0.1, 0.15) is 0 Å². The molecule has 0 saturated heterocycles. The molecule has 118 valence electrons. The molecule has 1 aromatic carbocycles. The van der Waals surface area contributed by atoms with E-state index in [-0.39, 0.29) is 0 Å². The fourth-order valence-corrected chi connectivity index (χ4v) is 2.88. The lowest BCUT2D eigenvalue weighted by atomic mass is 10.2. The molecule has 0 spiro atoms. The molecule has 0 amide bonds. The van der Waals surface area contributed by atoms with Crippen LogP contribution in [0.2, 0.25) is 10.0 Å². The summed E-state index contributed by atoms with van der Waals surface area (Å²) in [5, 5.41) is 14.3. The van der Waals surface area contributed by atoms with Crippen molar-refractivity contribution in [1.29, 1.82) is 0 Å². The van der Waals surface area contributed by atoms with Crippen LogP contribution in [-0.2, 0) is 6.42 Å². The van der Waals surface area contributed by atoms with E-state index in [2.05, 4.69) is 15.3 Å². The number of thioether (sulfide) groups is 1. The maximum absolute atomic E-state index is 6.18. The van der Waals surface area contributed by atoms with Crippen LogP contribution in [0.4, 0.5) is 0 Å². The summed E-state index contributed by atoms with van der Waals surface area (Å²) in [4.78, 5) is 0. The quantitative estimate of drug-likeness (QED) is 0.574. The fraction of sp³-hybridized carbons (Fsp3) is 0.357. The highest BCUT2D eigenvalue weighted by atomic mass is 35.5. The van der Waals surface area contributed by atoms with Gasteiger partial charge in [-0.15, -0.1) is 10.2 Å². The molecule has 5 nitrogen and oxygen atoms in total. The van der Waals surface area contributed by atoms with Gasteiger partial charge >= 0.3 is 0 Å². The zero-order valence-corrected chi connectivity index (χ0v) is 14.8. The first-order valence-corrected chi connectivity index (χ1v) is 8.73. The predicted octanol–water partition coefficient (Wildman–Crippen LogP) is 4.15. The summed E-state index contributed by atoms with van der Waals surface area (Å²) in [5.41, 5.74) is 0.779. The Labute approximate surface area is 143 Å². The van der Waals surface area contributed by atoms with E-state index in [4.69, 9.17) is 27.9 Å². The molecule has 0 aliphatic rings. The second kappa shape index (κ2) is 7.85. The third-order valence-electron chi connectivity index (χ3n) is 2.81. The van der Waals surface area contributed by atoms with Crippen LogP contribution in [0, 0.1) is 0 Å². The number of hydrogen-bond donors (Lipinski definition) is 0. The number of rotatable bonds is 6. The van der Waals surface area contributed by atoms with Gasteiger partial charge < -0.3 is 4.74 Å². The Morgan fingerprint density at radius 3 is 2.50 bits per heavy atom. The standard InChI is InChI=1S/C14H16Cl2N4OS/c1-4-12-18-19-14(22-3)20(12)17-8-9-6-10(15)13(21-5-2)11(16)7-9/h6-8H,4-5H2,1-3H3/b17-8-. The van der Waals surface area contributed by atoms with Crippen molar-refractivity contribution >= 4 is 41.2 Å². The third-order valence-corrected chi connectivity index (χ3v) is 3.99. The minimum Gasteiger partial charge on any atom is -0.491 e. The van der Waals surface area contributed by atoms with Crippen LogP contribution in [0.3, 0.4) is 0 Å². The molecule has 0 atom stereocenters. The number of ether oxygens (including phenoxy) is 1. The molecule has 0 aliphatic carbocycles. The normalized spacial score (nSPS) is 11.3. The molecule has 0 radical (unpaired) electrons. The first-order valence-electron chi connectivity index (χ1n) is 6.75. The highest BCUT2D eigenvalue weighted by molar-refractivity contribution is 7.98. The van der Waals surface area contributed by atoms with Crippen molar-refractivity contribution in [3.05, 3.63) is 33.6 Å². The molecule has 2 aromatic rings. The minimum atomic E-state index is 0.459. The summed E-state index contributed by atoms with van der Waals surface area (Å²) >= 11 is 13.9. The smallest absolute Gasteiger partial charge is 0.211 e. The lowest BCUT2D eigenvalue weighted by molar-refractivity contribution is 0.340. The summed E-state index contributed by atoms with van der Waals surface area (Å²) in [6.07, 6.45) is 4.35. The Balaban J connectivity index is 2.33. The fourth-order valence-electron chi connectivity index (χ4n) is 1.82. The molecule has 1 heterocycles. The molecular weight excluding hydrogens is 343 g/mol. The van der Waals surface area contributed by atoms with Crippen LogP contribution in [0.25, 0.3) is 0 Å². The van der Waals surface area contributed by atoms with Crippen LogP contribution in [0.5, 0.6) is 5.75 Å². The Hall–Kier alpha value is -1.24. The van der Waals surface area contributed by atoms with Gasteiger partial charge in [0.15, 0.2) is 11.6 Å². The van der Waals surface area contributed by atoms with Crippen molar-refractivity contribution in [1.82, 2.24) is 14.9 Å². The van der Waals surface area contributed by atoms with Crippen molar-refractivity contribution in [3.8, 4) is 5.75 Å². The van der Waals surface area contributed by atoms with E-state index >= 15 is 0 Å². The third kappa shape index (κ3) is 3.74. The molecule has 0 saturated carbocycles. The van der Waals surface area contributed by atoms with E-state index in [1.165, 1.54) is 11.8 Å². The van der Waals surface area contributed by atoms with Gasteiger partial charge in [-0.1, -0.05) is 41.9 Å². The van der Waals surface area contributed by atoms with E-state index in [1.54, 1.807) is 23.0 Å². The topological polar surface area (TPSA) is 52.3 Å². The maximum atomic E-state index is 6.18. The molecule has 0 unspecified atom stereocenters. The maximum Gasteiger partial charge on any atom is 0.211 e. The molecule has 0 bridgehead atoms. The van der Waals surface area contributed by atoms with Crippen molar-refractivity contribution in [2.45, 2.75) is 25.4 Å². The zero-order valence-electron chi connectivity index (χ0n) is 12.5. The average Bonchev–Trinajstić information content (AvgIpc) is 2.90. The van der Waals surface area contributed by atoms with Gasteiger partial charge in [0.25, 0.3) is 0 Å². The molecule has 0 aliphatic heterocycles. The van der Waals surface area contributed by atoms with Gasteiger partial charge in [0.2, 0.25) is 5.16 Å². The van der Waals surface area contributed by atoms with E-state index in [0.717, 1.165) is 23.0 Å². The van der Waals surface area contributed by atoms with E-state index in [1.807, 2.05) is 20.1 Å². The Morgan fingerprint density at radius 2 is 1.95 bits per heavy atom. The van der Waals surface area contributed by atoms with E-state index in [0.29, 0.717) is 22.4 Å². The highest BCUT2D eigenvalue weighted by Gasteiger charge is 2.10. The van der Waals surface area contributed by atoms with E-state index in [9.17, 15) is 0 Å². The summed E-state index contributed by atoms with van der Waals surface area (Å²) in [6.45, 7) is 4.39. The highest BCUT2D eigenvalue weighted by Crippen LogP contribution is 2.33. The molecule has 1 aromatic heterocycles. The van der Waals surface area contributed by atoms with Crippen LogP contribution >= 0.6 is 35.0 Å². The first kappa shape index (κ1) is 17.1. The van der Waals surface area contributed by atoms with Gasteiger partial charge in [-0.3, -0.25) is 0 Å². The van der Waals surface area contributed by atoms with Crippen molar-refractivity contribution in [3.63, 3.8) is 0 Å². The lowest BCUT2D eigenvalue weighted by Crippen LogP contribution is -1.99. The molecule has 22 heavy (non-hydrogen) atoms. The monoisotopic (exact) mass is 358 g/mol. The van der Waals surface area contributed by atoms with Crippen molar-refractivity contribution in [2.24, 2.45) is 5.10 Å². The summed E-state index contributed by atoms with van der Waals surface area (Å²) in [7, 11) is 0. The second-order valence-electron chi connectivity index (χ2n) is 4.26. The minimum absolute atomic E-state index is 0.459. The Bertz CT molecular complexity index is 643. The predicted molar refractivity (Wildman–Crippen MR) is 91.8 cm³/mol. The Kier molecular flexibility index (Phi) is 6.11. The van der Waals surface area contributed by atoms with Crippen LogP contribution in [0.1, 0.15) is 25.2 Å². The molecule has 0 fully saturated rings. The summed E-state index contributed by atoms with van der Waals surface area (Å²) in [6, 6.07) is 3.52. The lowest BCUT2D eigenvalue weighted by Gasteiger charge is -2.08. The zero-order chi connectivity index (χ0) is 16.1. The number of benzene rings is 1. The molecule has 0 N–H and O–H groups in total. The molecule has 2 rings (SSSR count). The largest absolute Gasteiger partial charge is 0.491 e. The van der Waals surface area contributed by atoms with Gasteiger partial charge in [-0.05, 0) is 30.9 Å². The van der Waals surface area contributed by atoms with Crippen molar-refractivity contribution < 1.29 is 4.74 Å². The van der Waals surface area contributed by atoms with E-state index < -0.39 is 0 Å². The van der Waals surface area contributed by atoms with Crippen LogP contribution < -0.4 is 4.74 Å². The summed E-state index contributed by atoms with van der Waals surface area (Å²) < 4.78 is 7.12. The number of halogens is 2. The van der Waals surface area contributed by atoms with Gasteiger partial charge in [0.05, 0.1) is 22.9 Å². The number of hydrogen-bond acceptors (Lipinski definition) is 5. The number of aromatic nitrogens is 3. The SMILES string of the molecule is CCOc1c(Cl)cc(/C=N\n2c(CC)nnc2SC)cc1Cl. The number of nitrogens with zero attached hydrogens (tertiary/aromatic N) is 4.